The van der Waals surface area contributed by atoms with Gasteiger partial charge in [0.1, 0.15) is 11.2 Å². The lowest BCUT2D eigenvalue weighted by atomic mass is 10.1. The number of para-hydroxylation sites is 1. The molecule has 1 aromatic heterocycles. The first-order chi connectivity index (χ1) is 10.3. The Labute approximate surface area is 122 Å². The van der Waals surface area contributed by atoms with E-state index >= 15 is 0 Å². The van der Waals surface area contributed by atoms with Gasteiger partial charge in [-0.1, -0.05) is 18.2 Å². The predicted molar refractivity (Wildman–Crippen MR) is 83.4 cm³/mol. The maximum atomic E-state index is 11.9. The number of carbonyl (C=O) groups is 1. The number of furan rings is 1. The van der Waals surface area contributed by atoms with Gasteiger partial charge in [0, 0.05) is 22.5 Å². The fraction of sp³-hybridized carbons (Fsp3) is 0.235. The number of anilines is 1. The van der Waals surface area contributed by atoms with Crippen LogP contribution in [0.15, 0.2) is 46.9 Å². The second kappa shape index (κ2) is 4.90. The highest BCUT2D eigenvalue weighted by atomic mass is 16.3. The Morgan fingerprint density at radius 3 is 2.76 bits per heavy atom. The summed E-state index contributed by atoms with van der Waals surface area (Å²) >= 11 is 0. The van der Waals surface area contributed by atoms with Crippen molar-refractivity contribution in [1.82, 2.24) is 5.32 Å². The first kappa shape index (κ1) is 12.4. The number of benzene rings is 2. The summed E-state index contributed by atoms with van der Waals surface area (Å²) in [5.41, 5.74) is 2.51. The van der Waals surface area contributed by atoms with Crippen molar-refractivity contribution in [1.29, 1.82) is 0 Å². The van der Waals surface area contributed by atoms with Crippen molar-refractivity contribution < 1.29 is 9.21 Å². The number of hydrogen-bond acceptors (Lipinski definition) is 3. The van der Waals surface area contributed by atoms with Gasteiger partial charge in [0.15, 0.2) is 0 Å². The minimum atomic E-state index is -0.00551. The summed E-state index contributed by atoms with van der Waals surface area (Å²) in [7, 11) is 0. The van der Waals surface area contributed by atoms with E-state index in [-0.39, 0.29) is 5.91 Å². The Morgan fingerprint density at radius 1 is 1.10 bits per heavy atom. The molecule has 106 valence electrons. The molecule has 0 saturated heterocycles. The number of nitrogens with one attached hydrogen (secondary N) is 2. The van der Waals surface area contributed by atoms with Crippen LogP contribution >= 0.6 is 0 Å². The van der Waals surface area contributed by atoms with Crippen LogP contribution in [0.5, 0.6) is 0 Å². The molecule has 1 saturated carbocycles. The second-order valence-corrected chi connectivity index (χ2v) is 5.51. The molecule has 1 aliphatic carbocycles. The number of hydrogen-bond donors (Lipinski definition) is 2. The smallest absolute Gasteiger partial charge is 0.238 e. The van der Waals surface area contributed by atoms with E-state index < -0.39 is 0 Å². The monoisotopic (exact) mass is 280 g/mol. The van der Waals surface area contributed by atoms with Gasteiger partial charge in [-0.2, -0.15) is 0 Å². The lowest BCUT2D eigenvalue weighted by Gasteiger charge is -2.05. The van der Waals surface area contributed by atoms with Gasteiger partial charge in [-0.15, -0.1) is 0 Å². The van der Waals surface area contributed by atoms with E-state index in [2.05, 4.69) is 10.6 Å². The molecular formula is C17H16N2O2. The third-order valence-corrected chi connectivity index (χ3v) is 3.79. The average molecular weight is 280 g/mol. The molecule has 4 heteroatoms. The van der Waals surface area contributed by atoms with Crippen LogP contribution in [0.2, 0.25) is 0 Å². The van der Waals surface area contributed by atoms with Gasteiger partial charge in [0.05, 0.1) is 6.54 Å². The normalized spacial score (nSPS) is 14.7. The summed E-state index contributed by atoms with van der Waals surface area (Å²) in [6, 6.07) is 14.2. The topological polar surface area (TPSA) is 54.3 Å². The zero-order valence-electron chi connectivity index (χ0n) is 11.6. The summed E-state index contributed by atoms with van der Waals surface area (Å²) in [5.74, 6) is -0.00551. The lowest BCUT2D eigenvalue weighted by Crippen LogP contribution is -2.29. The van der Waals surface area contributed by atoms with Gasteiger partial charge in [0.25, 0.3) is 0 Å². The van der Waals surface area contributed by atoms with Crippen LogP contribution in [0.3, 0.4) is 0 Å². The summed E-state index contributed by atoms with van der Waals surface area (Å²) in [6.07, 6.45) is 2.36. The van der Waals surface area contributed by atoms with Crippen LogP contribution in [0.4, 0.5) is 5.69 Å². The molecule has 0 spiro atoms. The minimum absolute atomic E-state index is 0.00551. The molecule has 2 N–H and O–H groups in total. The van der Waals surface area contributed by atoms with Gasteiger partial charge in [-0.25, -0.2) is 0 Å². The molecule has 0 bridgehead atoms. The quantitative estimate of drug-likeness (QED) is 0.771. The SMILES string of the molecule is O=C(CNC1CC1)Nc1ccc2oc3ccccc3c2c1. The molecule has 1 aliphatic rings. The molecule has 0 unspecified atom stereocenters. The summed E-state index contributed by atoms with van der Waals surface area (Å²) in [5, 5.41) is 8.23. The van der Waals surface area contributed by atoms with Crippen molar-refractivity contribution in [2.45, 2.75) is 18.9 Å². The van der Waals surface area contributed by atoms with Crippen LogP contribution < -0.4 is 10.6 Å². The molecule has 1 amide bonds. The maximum absolute atomic E-state index is 11.9. The fourth-order valence-electron chi connectivity index (χ4n) is 2.53. The average Bonchev–Trinajstić information content (AvgIpc) is 3.25. The summed E-state index contributed by atoms with van der Waals surface area (Å²) < 4.78 is 5.77. The van der Waals surface area contributed by atoms with Crippen molar-refractivity contribution in [2.24, 2.45) is 0 Å². The van der Waals surface area contributed by atoms with Crippen LogP contribution in [0.25, 0.3) is 21.9 Å². The molecule has 3 aromatic rings. The zero-order valence-corrected chi connectivity index (χ0v) is 11.6. The lowest BCUT2D eigenvalue weighted by molar-refractivity contribution is -0.115. The van der Waals surface area contributed by atoms with Gasteiger partial charge in [-0.3, -0.25) is 4.79 Å². The largest absolute Gasteiger partial charge is 0.456 e. The Hall–Kier alpha value is -2.33. The van der Waals surface area contributed by atoms with Crippen LogP contribution in [-0.4, -0.2) is 18.5 Å². The molecule has 0 atom stereocenters. The van der Waals surface area contributed by atoms with Crippen molar-refractivity contribution >= 4 is 33.5 Å². The van der Waals surface area contributed by atoms with E-state index in [0.29, 0.717) is 12.6 Å². The standard InChI is InChI=1S/C17H16N2O2/c20-17(10-18-11-5-6-11)19-12-7-8-16-14(9-12)13-3-1-2-4-15(13)21-16/h1-4,7-9,11,18H,5-6,10H2,(H,19,20). The fourth-order valence-corrected chi connectivity index (χ4v) is 2.53. The number of carbonyl (C=O) groups excluding carboxylic acids is 1. The van der Waals surface area contributed by atoms with Crippen molar-refractivity contribution in [3.63, 3.8) is 0 Å². The molecule has 1 heterocycles. The molecule has 2 aromatic carbocycles. The van der Waals surface area contributed by atoms with Gasteiger partial charge >= 0.3 is 0 Å². The van der Waals surface area contributed by atoms with E-state index in [1.165, 1.54) is 12.8 Å². The number of amides is 1. The summed E-state index contributed by atoms with van der Waals surface area (Å²) in [6.45, 7) is 0.370. The summed E-state index contributed by atoms with van der Waals surface area (Å²) in [4.78, 5) is 11.9. The molecule has 0 aliphatic heterocycles. The molecule has 1 fully saturated rings. The highest BCUT2D eigenvalue weighted by Gasteiger charge is 2.21. The Balaban J connectivity index is 1.60. The minimum Gasteiger partial charge on any atom is -0.456 e. The molecule has 21 heavy (non-hydrogen) atoms. The number of fused-ring (bicyclic) bond motifs is 3. The van der Waals surface area contributed by atoms with Crippen molar-refractivity contribution in [3.05, 3.63) is 42.5 Å². The maximum Gasteiger partial charge on any atom is 0.238 e. The van der Waals surface area contributed by atoms with E-state index in [1.807, 2.05) is 42.5 Å². The highest BCUT2D eigenvalue weighted by molar-refractivity contribution is 6.07. The van der Waals surface area contributed by atoms with Gasteiger partial charge in [-0.05, 0) is 37.1 Å². The van der Waals surface area contributed by atoms with Crippen LogP contribution in [-0.2, 0) is 4.79 Å². The molecule has 4 rings (SSSR count). The van der Waals surface area contributed by atoms with E-state index in [4.69, 9.17) is 4.42 Å². The predicted octanol–water partition coefficient (Wildman–Crippen LogP) is 3.28. The number of rotatable bonds is 4. The Kier molecular flexibility index (Phi) is 2.89. The zero-order chi connectivity index (χ0) is 14.2. The van der Waals surface area contributed by atoms with Crippen LogP contribution in [0.1, 0.15) is 12.8 Å². The third kappa shape index (κ3) is 2.50. The molecule has 0 radical (unpaired) electrons. The van der Waals surface area contributed by atoms with Crippen molar-refractivity contribution in [3.8, 4) is 0 Å². The van der Waals surface area contributed by atoms with Crippen molar-refractivity contribution in [2.75, 3.05) is 11.9 Å². The van der Waals surface area contributed by atoms with E-state index in [0.717, 1.165) is 27.6 Å². The first-order valence-electron chi connectivity index (χ1n) is 7.24. The van der Waals surface area contributed by atoms with E-state index in [9.17, 15) is 4.79 Å². The van der Waals surface area contributed by atoms with Gasteiger partial charge in [0.2, 0.25) is 5.91 Å². The van der Waals surface area contributed by atoms with E-state index in [1.54, 1.807) is 0 Å². The third-order valence-electron chi connectivity index (χ3n) is 3.79. The highest BCUT2D eigenvalue weighted by Crippen LogP contribution is 2.30. The second-order valence-electron chi connectivity index (χ2n) is 5.51. The first-order valence-corrected chi connectivity index (χ1v) is 7.24. The molecular weight excluding hydrogens is 264 g/mol. The van der Waals surface area contributed by atoms with Gasteiger partial charge < -0.3 is 15.1 Å². The Morgan fingerprint density at radius 2 is 1.90 bits per heavy atom. The Bertz CT molecular complexity index is 818. The van der Waals surface area contributed by atoms with Crippen LogP contribution in [0, 0.1) is 0 Å². The molecule has 4 nitrogen and oxygen atoms in total.